The maximum absolute atomic E-state index is 12.6. The average molecular weight is 727 g/mol. The van der Waals surface area contributed by atoms with Gasteiger partial charge in [-0.25, -0.2) is 4.79 Å². The van der Waals surface area contributed by atoms with Gasteiger partial charge in [0.15, 0.2) is 12.1 Å². The van der Waals surface area contributed by atoms with Gasteiger partial charge in [0.05, 0.1) is 34.4 Å². The lowest BCUT2D eigenvalue weighted by Crippen LogP contribution is -2.50. The Labute approximate surface area is 316 Å². The van der Waals surface area contributed by atoms with E-state index < -0.39 is 18.1 Å². The van der Waals surface area contributed by atoms with E-state index in [1.807, 2.05) is 21.1 Å². The summed E-state index contributed by atoms with van der Waals surface area (Å²) >= 11 is 0. The van der Waals surface area contributed by atoms with Crippen molar-refractivity contribution in [3.63, 3.8) is 0 Å². The van der Waals surface area contributed by atoms with Gasteiger partial charge in [0.1, 0.15) is 6.61 Å². The maximum atomic E-state index is 12.6. The molecule has 0 aromatic carbocycles. The number of unbranched alkanes of at least 4 members (excludes halogenated alkanes) is 6. The Kier molecular flexibility index (Phi) is 32.3. The number of hydrogen-bond donors (Lipinski definition) is 1. The summed E-state index contributed by atoms with van der Waals surface area (Å²) < 4.78 is 17.1. The van der Waals surface area contributed by atoms with Crippen LogP contribution in [0.2, 0.25) is 0 Å². The highest BCUT2D eigenvalue weighted by Gasteiger charge is 2.31. The first-order chi connectivity index (χ1) is 25.1. The number of carbonyl (C=O) groups is 3. The number of nitrogens with zero attached hydrogens (tertiary/aromatic N) is 1. The molecule has 1 N–H and O–H groups in total. The van der Waals surface area contributed by atoms with Gasteiger partial charge in [0.2, 0.25) is 0 Å². The molecule has 0 aromatic heterocycles. The number of allylic oxidation sites excluding steroid dienone is 14. The molecule has 8 heteroatoms. The minimum absolute atomic E-state index is 0.0269. The molecule has 0 saturated carbocycles. The van der Waals surface area contributed by atoms with E-state index in [0.717, 1.165) is 64.2 Å². The lowest BCUT2D eigenvalue weighted by atomic mass is 10.1. The van der Waals surface area contributed by atoms with Gasteiger partial charge < -0.3 is 23.8 Å². The first-order valence-corrected chi connectivity index (χ1v) is 19.6. The third kappa shape index (κ3) is 32.4. The second kappa shape index (κ2) is 34.6. The molecule has 294 valence electrons. The largest absolute Gasteiger partial charge is 0.477 e. The number of esters is 2. The third-order valence-electron chi connectivity index (χ3n) is 8.06. The van der Waals surface area contributed by atoms with Gasteiger partial charge in [-0.05, 0) is 70.6 Å². The van der Waals surface area contributed by atoms with E-state index >= 15 is 0 Å². The van der Waals surface area contributed by atoms with Crippen molar-refractivity contribution in [2.45, 2.75) is 135 Å². The van der Waals surface area contributed by atoms with Crippen LogP contribution in [0.15, 0.2) is 85.1 Å². The van der Waals surface area contributed by atoms with E-state index in [1.165, 1.54) is 12.8 Å². The molecule has 0 rings (SSSR count). The number of aliphatic carboxylic acids is 1. The highest BCUT2D eigenvalue weighted by atomic mass is 16.6. The predicted molar refractivity (Wildman–Crippen MR) is 215 cm³/mol. The van der Waals surface area contributed by atoms with Crippen LogP contribution in [0.3, 0.4) is 0 Å². The Morgan fingerprint density at radius 3 is 1.71 bits per heavy atom. The van der Waals surface area contributed by atoms with Crippen molar-refractivity contribution in [3.05, 3.63) is 85.1 Å². The summed E-state index contributed by atoms with van der Waals surface area (Å²) in [6.45, 7) is 4.44. The molecule has 0 saturated heterocycles. The van der Waals surface area contributed by atoms with Gasteiger partial charge in [-0.2, -0.15) is 0 Å². The number of rotatable bonds is 33. The zero-order valence-electron chi connectivity index (χ0n) is 33.2. The first kappa shape index (κ1) is 48.5. The van der Waals surface area contributed by atoms with Crippen LogP contribution in [0.1, 0.15) is 123 Å². The Balaban J connectivity index is 4.55. The topological polar surface area (TPSA) is 99.1 Å². The number of hydrogen-bond acceptors (Lipinski definition) is 6. The third-order valence-corrected chi connectivity index (χ3v) is 8.06. The zero-order valence-corrected chi connectivity index (χ0v) is 33.2. The number of carboxylic acid groups (broad SMARTS) is 1. The fourth-order valence-electron chi connectivity index (χ4n) is 4.98. The number of carboxylic acids is 1. The van der Waals surface area contributed by atoms with Crippen molar-refractivity contribution in [2.24, 2.45) is 0 Å². The zero-order chi connectivity index (χ0) is 38.5. The standard InChI is InChI=1S/C44H71NO7/c1-6-8-10-12-14-16-18-19-20-21-22-23-25-26-28-30-32-34-42(46)51-39-40(38-50-37-36-41(44(48)49)45(3,4)5)52-43(47)35-33-31-29-27-24-17-15-13-11-9-7-2/h8,10,13-17,19-20,22-24,26,28,40-41H,6-7,9,11-12,18,21,25,27,29-39H2,1-5H3/p+1/b10-8+,15-13+,16-14+,20-19+,23-22+,24-17+,28-26+. The number of likely N-dealkylation sites (N-methyl/N-ethyl adjacent to an activating group) is 1. The second-order valence-corrected chi connectivity index (χ2v) is 13.8. The highest BCUT2D eigenvalue weighted by molar-refractivity contribution is 5.72. The van der Waals surface area contributed by atoms with Crippen molar-refractivity contribution >= 4 is 17.9 Å². The molecule has 0 bridgehead atoms. The molecule has 0 spiro atoms. The molecule has 0 heterocycles. The van der Waals surface area contributed by atoms with Crippen LogP contribution in [-0.2, 0) is 28.6 Å². The quantitative estimate of drug-likeness (QED) is 0.0236. The molecular formula is C44H72NO7+. The molecule has 0 aliphatic rings. The molecule has 0 aliphatic carbocycles. The summed E-state index contributed by atoms with van der Waals surface area (Å²) in [6, 6.07) is -0.631. The monoisotopic (exact) mass is 727 g/mol. The van der Waals surface area contributed by atoms with E-state index in [1.54, 1.807) is 0 Å². The normalized spacial score (nSPS) is 13.9. The van der Waals surface area contributed by atoms with Gasteiger partial charge in [-0.1, -0.05) is 118 Å². The summed E-state index contributed by atoms with van der Waals surface area (Å²) in [5.74, 6) is -1.60. The molecule has 0 fully saturated rings. The summed E-state index contributed by atoms with van der Waals surface area (Å²) in [7, 11) is 5.48. The Bertz CT molecular complexity index is 1120. The average Bonchev–Trinajstić information content (AvgIpc) is 3.09. The maximum Gasteiger partial charge on any atom is 0.362 e. The van der Waals surface area contributed by atoms with Crippen molar-refractivity contribution in [3.8, 4) is 0 Å². The number of carbonyl (C=O) groups excluding carboxylic acids is 2. The SMILES string of the molecule is CC/C=C/C/C=C/C/C=C/C/C=C/C/C=C/CCCC(=O)OCC(COCCC(C(=O)O)[N+](C)(C)C)OC(=O)CCCCC/C=C/C=C/CCCC. The second-order valence-electron chi connectivity index (χ2n) is 13.8. The fraction of sp³-hybridized carbons (Fsp3) is 0.614. The van der Waals surface area contributed by atoms with Crippen molar-refractivity contribution in [1.82, 2.24) is 0 Å². The molecular weight excluding hydrogens is 654 g/mol. The molecule has 0 aliphatic heterocycles. The van der Waals surface area contributed by atoms with E-state index in [9.17, 15) is 19.5 Å². The predicted octanol–water partition coefficient (Wildman–Crippen LogP) is 10.2. The van der Waals surface area contributed by atoms with Gasteiger partial charge in [0, 0.05) is 19.3 Å². The van der Waals surface area contributed by atoms with E-state index in [4.69, 9.17) is 14.2 Å². The van der Waals surface area contributed by atoms with Crippen LogP contribution >= 0.6 is 0 Å². The van der Waals surface area contributed by atoms with Gasteiger partial charge >= 0.3 is 17.9 Å². The fourth-order valence-corrected chi connectivity index (χ4v) is 4.98. The summed E-state index contributed by atoms with van der Waals surface area (Å²) in [4.78, 5) is 36.8. The van der Waals surface area contributed by atoms with Crippen LogP contribution in [0.25, 0.3) is 0 Å². The summed E-state index contributed by atoms with van der Waals surface area (Å²) in [6.07, 6.45) is 43.5. The number of ether oxygens (including phenoxy) is 3. The molecule has 52 heavy (non-hydrogen) atoms. The Morgan fingerprint density at radius 1 is 0.615 bits per heavy atom. The van der Waals surface area contributed by atoms with E-state index in [2.05, 4.69) is 98.9 Å². The van der Waals surface area contributed by atoms with Crippen LogP contribution in [0, 0.1) is 0 Å². The Morgan fingerprint density at radius 2 is 1.15 bits per heavy atom. The lowest BCUT2D eigenvalue weighted by molar-refractivity contribution is -0.887. The molecule has 0 aromatic rings. The van der Waals surface area contributed by atoms with Crippen molar-refractivity contribution in [1.29, 1.82) is 0 Å². The van der Waals surface area contributed by atoms with Crippen LogP contribution < -0.4 is 0 Å². The molecule has 2 atom stereocenters. The first-order valence-electron chi connectivity index (χ1n) is 19.6. The molecule has 8 nitrogen and oxygen atoms in total. The van der Waals surface area contributed by atoms with Gasteiger partial charge in [0.25, 0.3) is 0 Å². The Hall–Kier alpha value is -3.49. The van der Waals surface area contributed by atoms with Crippen LogP contribution in [0.5, 0.6) is 0 Å². The van der Waals surface area contributed by atoms with E-state index in [0.29, 0.717) is 19.3 Å². The highest BCUT2D eigenvalue weighted by Crippen LogP contribution is 2.11. The molecule has 2 unspecified atom stereocenters. The minimum atomic E-state index is -0.892. The lowest BCUT2D eigenvalue weighted by Gasteiger charge is -2.31. The van der Waals surface area contributed by atoms with Crippen LogP contribution in [-0.4, -0.2) is 80.6 Å². The van der Waals surface area contributed by atoms with Crippen molar-refractivity contribution in [2.75, 3.05) is 41.0 Å². The summed E-state index contributed by atoms with van der Waals surface area (Å²) in [5, 5.41) is 9.58. The minimum Gasteiger partial charge on any atom is -0.477 e. The summed E-state index contributed by atoms with van der Waals surface area (Å²) in [5.41, 5.74) is 0. The van der Waals surface area contributed by atoms with Crippen LogP contribution in [0.4, 0.5) is 0 Å². The molecule has 0 radical (unpaired) electrons. The smallest absolute Gasteiger partial charge is 0.362 e. The number of quaternary nitrogens is 1. The molecule has 0 amide bonds. The van der Waals surface area contributed by atoms with Gasteiger partial charge in [-0.3, -0.25) is 9.59 Å². The van der Waals surface area contributed by atoms with Gasteiger partial charge in [-0.15, -0.1) is 0 Å². The van der Waals surface area contributed by atoms with Crippen molar-refractivity contribution < 1.29 is 38.2 Å². The van der Waals surface area contributed by atoms with E-state index in [-0.39, 0.29) is 49.1 Å².